The molecule has 0 aliphatic rings. The smallest absolute Gasteiger partial charge is 0.379 e. The molecule has 2 rings (SSSR count). The van der Waals surface area contributed by atoms with Crippen LogP contribution >= 0.6 is 0 Å². The second-order valence-electron chi connectivity index (χ2n) is 5.08. The van der Waals surface area contributed by atoms with Crippen LogP contribution in [0.4, 0.5) is 0 Å². The number of carbonyl (C=O) groups is 1. The standard InChI is InChI=1S/C18H22O7/c1-2-17(19)24-12-10-22-8-7-21-9-11-23-16-13-14-5-3-4-6-15(14)25-18(16)20/h3-6,13H,2,7-12H2,1H3. The summed E-state index contributed by atoms with van der Waals surface area (Å²) >= 11 is 0. The average molecular weight is 350 g/mol. The molecule has 0 bridgehead atoms. The molecule has 0 N–H and O–H groups in total. The molecule has 1 aromatic heterocycles. The molecular weight excluding hydrogens is 328 g/mol. The average Bonchev–Trinajstić information content (AvgIpc) is 2.63. The van der Waals surface area contributed by atoms with Crippen molar-refractivity contribution >= 4 is 16.9 Å². The van der Waals surface area contributed by atoms with Gasteiger partial charge < -0.3 is 23.4 Å². The zero-order chi connectivity index (χ0) is 17.9. The van der Waals surface area contributed by atoms with Crippen molar-refractivity contribution in [2.45, 2.75) is 13.3 Å². The predicted molar refractivity (Wildman–Crippen MR) is 90.9 cm³/mol. The van der Waals surface area contributed by atoms with Crippen molar-refractivity contribution in [1.82, 2.24) is 0 Å². The van der Waals surface area contributed by atoms with E-state index >= 15 is 0 Å². The molecule has 0 saturated carbocycles. The van der Waals surface area contributed by atoms with Crippen molar-refractivity contribution in [3.05, 3.63) is 40.8 Å². The van der Waals surface area contributed by atoms with E-state index in [2.05, 4.69) is 0 Å². The molecule has 0 spiro atoms. The van der Waals surface area contributed by atoms with Gasteiger partial charge in [0.05, 0.1) is 26.4 Å². The van der Waals surface area contributed by atoms with E-state index in [9.17, 15) is 9.59 Å². The Labute approximate surface area is 145 Å². The fourth-order valence-electron chi connectivity index (χ4n) is 1.99. The Bertz CT molecular complexity index is 723. The lowest BCUT2D eigenvalue weighted by Gasteiger charge is -2.08. The van der Waals surface area contributed by atoms with Crippen LogP contribution in [0.25, 0.3) is 11.0 Å². The first kappa shape index (κ1) is 19.0. The monoisotopic (exact) mass is 350 g/mol. The fraction of sp³-hybridized carbons (Fsp3) is 0.444. The minimum Gasteiger partial charge on any atom is -0.484 e. The van der Waals surface area contributed by atoms with Crippen LogP contribution in [0.5, 0.6) is 5.75 Å². The van der Waals surface area contributed by atoms with Crippen molar-refractivity contribution in [3.8, 4) is 5.75 Å². The van der Waals surface area contributed by atoms with Gasteiger partial charge >= 0.3 is 11.6 Å². The van der Waals surface area contributed by atoms with Crippen LogP contribution in [0.3, 0.4) is 0 Å². The van der Waals surface area contributed by atoms with E-state index in [1.54, 1.807) is 25.1 Å². The second-order valence-corrected chi connectivity index (χ2v) is 5.08. The maximum Gasteiger partial charge on any atom is 0.379 e. The summed E-state index contributed by atoms with van der Waals surface area (Å²) in [6.45, 7) is 3.65. The van der Waals surface area contributed by atoms with Crippen LogP contribution < -0.4 is 10.4 Å². The number of fused-ring (bicyclic) bond motifs is 1. The first-order valence-electron chi connectivity index (χ1n) is 8.17. The molecule has 7 heteroatoms. The van der Waals surface area contributed by atoms with Crippen molar-refractivity contribution in [1.29, 1.82) is 0 Å². The van der Waals surface area contributed by atoms with Crippen LogP contribution in [0, 0.1) is 0 Å². The highest BCUT2D eigenvalue weighted by Crippen LogP contribution is 2.16. The largest absolute Gasteiger partial charge is 0.484 e. The van der Waals surface area contributed by atoms with Crippen LogP contribution in [0.15, 0.2) is 39.5 Å². The first-order valence-corrected chi connectivity index (χ1v) is 8.17. The summed E-state index contributed by atoms with van der Waals surface area (Å²) in [6, 6.07) is 8.89. The summed E-state index contributed by atoms with van der Waals surface area (Å²) in [5.74, 6) is -0.0774. The summed E-state index contributed by atoms with van der Waals surface area (Å²) in [7, 11) is 0. The molecule has 0 saturated heterocycles. The van der Waals surface area contributed by atoms with Gasteiger partial charge in [-0.3, -0.25) is 4.79 Å². The Balaban J connectivity index is 1.57. The third kappa shape index (κ3) is 6.56. The Hall–Kier alpha value is -2.38. The normalized spacial score (nSPS) is 10.8. The molecule has 0 amide bonds. The topological polar surface area (TPSA) is 84.2 Å². The van der Waals surface area contributed by atoms with E-state index in [1.807, 2.05) is 12.1 Å². The van der Waals surface area contributed by atoms with E-state index in [0.717, 1.165) is 5.39 Å². The van der Waals surface area contributed by atoms with Crippen LogP contribution in [-0.4, -0.2) is 45.6 Å². The number of hydrogen-bond donors (Lipinski definition) is 0. The highest BCUT2D eigenvalue weighted by Gasteiger charge is 2.05. The molecule has 136 valence electrons. The van der Waals surface area contributed by atoms with Gasteiger partial charge in [0.1, 0.15) is 18.8 Å². The predicted octanol–water partition coefficient (Wildman–Crippen LogP) is 2.16. The lowest BCUT2D eigenvalue weighted by molar-refractivity contribution is -0.144. The Morgan fingerprint density at radius 2 is 1.68 bits per heavy atom. The van der Waals surface area contributed by atoms with E-state index in [-0.39, 0.29) is 24.9 Å². The molecule has 25 heavy (non-hydrogen) atoms. The summed E-state index contributed by atoms with van der Waals surface area (Å²) in [5.41, 5.74) is 0.0153. The number of benzene rings is 1. The highest BCUT2D eigenvalue weighted by molar-refractivity contribution is 5.77. The molecule has 1 heterocycles. The maximum absolute atomic E-state index is 11.8. The quantitative estimate of drug-likeness (QED) is 0.349. The zero-order valence-corrected chi connectivity index (χ0v) is 14.2. The number of para-hydroxylation sites is 1. The van der Waals surface area contributed by atoms with Crippen molar-refractivity contribution < 1.29 is 28.2 Å². The van der Waals surface area contributed by atoms with Crippen molar-refractivity contribution in [2.75, 3.05) is 39.6 Å². The number of rotatable bonds is 11. The van der Waals surface area contributed by atoms with E-state index < -0.39 is 5.63 Å². The molecule has 1 aromatic carbocycles. The molecule has 0 aliphatic carbocycles. The minimum atomic E-state index is -0.511. The molecule has 0 atom stereocenters. The number of ether oxygens (including phenoxy) is 4. The summed E-state index contributed by atoms with van der Waals surface area (Å²) in [6.07, 6.45) is 0.360. The molecular formula is C18H22O7. The van der Waals surface area contributed by atoms with Gasteiger partial charge in [0.2, 0.25) is 5.75 Å². The third-order valence-electron chi connectivity index (χ3n) is 3.25. The van der Waals surface area contributed by atoms with Gasteiger partial charge in [0.25, 0.3) is 0 Å². The molecule has 0 unspecified atom stereocenters. The Morgan fingerprint density at radius 1 is 1.00 bits per heavy atom. The van der Waals surface area contributed by atoms with Gasteiger partial charge in [-0.15, -0.1) is 0 Å². The molecule has 7 nitrogen and oxygen atoms in total. The van der Waals surface area contributed by atoms with Gasteiger partial charge in [0.15, 0.2) is 0 Å². The molecule has 0 aliphatic heterocycles. The first-order chi connectivity index (χ1) is 12.2. The SMILES string of the molecule is CCC(=O)OCCOCCOCCOc1cc2ccccc2oc1=O. The maximum atomic E-state index is 11.8. The van der Waals surface area contributed by atoms with Gasteiger partial charge in [-0.05, 0) is 12.1 Å². The van der Waals surface area contributed by atoms with E-state index in [0.29, 0.717) is 38.4 Å². The molecule has 2 aromatic rings. The highest BCUT2D eigenvalue weighted by atomic mass is 16.6. The number of carbonyl (C=O) groups excluding carboxylic acids is 1. The number of hydrogen-bond acceptors (Lipinski definition) is 7. The van der Waals surface area contributed by atoms with Crippen molar-refractivity contribution in [2.24, 2.45) is 0 Å². The van der Waals surface area contributed by atoms with Gasteiger partial charge in [-0.1, -0.05) is 25.1 Å². The van der Waals surface area contributed by atoms with Gasteiger partial charge in [-0.25, -0.2) is 4.79 Å². The number of esters is 1. The minimum absolute atomic E-state index is 0.163. The summed E-state index contributed by atoms with van der Waals surface area (Å²) in [5, 5.41) is 0.801. The van der Waals surface area contributed by atoms with E-state index in [1.165, 1.54) is 0 Å². The Morgan fingerprint density at radius 3 is 2.44 bits per heavy atom. The third-order valence-corrected chi connectivity index (χ3v) is 3.25. The van der Waals surface area contributed by atoms with Crippen LogP contribution in [0.1, 0.15) is 13.3 Å². The molecule has 0 radical (unpaired) electrons. The van der Waals surface area contributed by atoms with Gasteiger partial charge in [0, 0.05) is 11.8 Å². The summed E-state index contributed by atoms with van der Waals surface area (Å²) in [4.78, 5) is 22.7. The van der Waals surface area contributed by atoms with E-state index in [4.69, 9.17) is 23.4 Å². The van der Waals surface area contributed by atoms with Crippen molar-refractivity contribution in [3.63, 3.8) is 0 Å². The van der Waals surface area contributed by atoms with Crippen LogP contribution in [-0.2, 0) is 19.0 Å². The summed E-state index contributed by atoms with van der Waals surface area (Å²) < 4.78 is 26.0. The lowest BCUT2D eigenvalue weighted by Crippen LogP contribution is -2.15. The fourth-order valence-corrected chi connectivity index (χ4v) is 1.99. The van der Waals surface area contributed by atoms with Crippen LogP contribution in [0.2, 0.25) is 0 Å². The second kappa shape index (κ2) is 10.5. The Kier molecular flexibility index (Phi) is 7.94. The van der Waals surface area contributed by atoms with Gasteiger partial charge in [-0.2, -0.15) is 0 Å². The molecule has 0 fully saturated rings. The lowest BCUT2D eigenvalue weighted by atomic mass is 10.2. The zero-order valence-electron chi connectivity index (χ0n) is 14.2.